The predicted molar refractivity (Wildman–Crippen MR) is 92.5 cm³/mol. The van der Waals surface area contributed by atoms with Crippen molar-refractivity contribution >= 4 is 11.6 Å². The molecule has 0 unspecified atom stereocenters. The molecule has 24 heavy (non-hydrogen) atoms. The fourth-order valence-electron chi connectivity index (χ4n) is 2.70. The Morgan fingerprint density at radius 3 is 2.62 bits per heavy atom. The van der Waals surface area contributed by atoms with Crippen molar-refractivity contribution in [2.24, 2.45) is 5.10 Å². The average Bonchev–Trinajstić information content (AvgIpc) is 2.65. The summed E-state index contributed by atoms with van der Waals surface area (Å²) in [4.78, 5) is 11.9. The molecule has 124 valence electrons. The van der Waals surface area contributed by atoms with Gasteiger partial charge in [-0.05, 0) is 49.1 Å². The van der Waals surface area contributed by atoms with Crippen LogP contribution >= 0.6 is 0 Å². The predicted octanol–water partition coefficient (Wildman–Crippen LogP) is 2.93. The van der Waals surface area contributed by atoms with E-state index in [-0.39, 0.29) is 12.5 Å². The van der Waals surface area contributed by atoms with Crippen LogP contribution in [0.3, 0.4) is 0 Å². The van der Waals surface area contributed by atoms with E-state index in [0.29, 0.717) is 5.75 Å². The number of aryl methyl sites for hydroxylation is 1. The van der Waals surface area contributed by atoms with Crippen LogP contribution < -0.4 is 14.9 Å². The van der Waals surface area contributed by atoms with E-state index in [4.69, 9.17) is 9.47 Å². The van der Waals surface area contributed by atoms with Crippen molar-refractivity contribution < 1.29 is 14.3 Å². The van der Waals surface area contributed by atoms with Crippen LogP contribution in [0.15, 0.2) is 53.6 Å². The zero-order valence-corrected chi connectivity index (χ0v) is 13.6. The molecule has 5 nitrogen and oxygen atoms in total. The van der Waals surface area contributed by atoms with Crippen LogP contribution in [0.1, 0.15) is 24.0 Å². The Kier molecular flexibility index (Phi) is 5.11. The van der Waals surface area contributed by atoms with Crippen LogP contribution in [0.2, 0.25) is 0 Å². The van der Waals surface area contributed by atoms with Crippen LogP contribution in [-0.4, -0.2) is 25.3 Å². The zero-order valence-electron chi connectivity index (χ0n) is 13.6. The van der Waals surface area contributed by atoms with Crippen molar-refractivity contribution in [2.75, 3.05) is 13.7 Å². The number of hydrazone groups is 1. The Morgan fingerprint density at radius 1 is 1.08 bits per heavy atom. The summed E-state index contributed by atoms with van der Waals surface area (Å²) >= 11 is 0. The molecule has 2 aromatic rings. The van der Waals surface area contributed by atoms with E-state index in [1.807, 2.05) is 18.2 Å². The summed E-state index contributed by atoms with van der Waals surface area (Å²) in [6, 6.07) is 15.3. The first kappa shape index (κ1) is 16.1. The number of carbonyl (C=O) groups excluding carboxylic acids is 1. The smallest absolute Gasteiger partial charge is 0.277 e. The highest BCUT2D eigenvalue weighted by atomic mass is 16.5. The van der Waals surface area contributed by atoms with Crippen molar-refractivity contribution in [1.82, 2.24) is 5.43 Å². The Labute approximate surface area is 141 Å². The number of hydrogen-bond acceptors (Lipinski definition) is 4. The molecule has 0 spiro atoms. The number of fused-ring (bicyclic) bond motifs is 1. The summed E-state index contributed by atoms with van der Waals surface area (Å²) in [5.41, 5.74) is 5.92. The normalized spacial score (nSPS) is 14.8. The minimum Gasteiger partial charge on any atom is -0.497 e. The van der Waals surface area contributed by atoms with Gasteiger partial charge in [-0.3, -0.25) is 4.79 Å². The number of amides is 1. The number of ether oxygens (including phenoxy) is 2. The molecule has 0 saturated heterocycles. The summed E-state index contributed by atoms with van der Waals surface area (Å²) in [5.74, 6) is 1.08. The topological polar surface area (TPSA) is 59.9 Å². The SMILES string of the molecule is COc1ccc(OCC(=O)NN=C2CCCc3ccccc32)cc1. The van der Waals surface area contributed by atoms with Crippen LogP contribution in [0.5, 0.6) is 11.5 Å². The Hall–Kier alpha value is -2.82. The second-order valence-electron chi connectivity index (χ2n) is 5.57. The van der Waals surface area contributed by atoms with Gasteiger partial charge in [0.1, 0.15) is 11.5 Å². The van der Waals surface area contributed by atoms with Gasteiger partial charge in [-0.1, -0.05) is 24.3 Å². The first-order valence-corrected chi connectivity index (χ1v) is 7.97. The zero-order chi connectivity index (χ0) is 16.8. The van der Waals surface area contributed by atoms with Crippen molar-refractivity contribution in [3.63, 3.8) is 0 Å². The molecule has 1 aliphatic carbocycles. The number of carbonyl (C=O) groups is 1. The molecule has 1 aliphatic rings. The third-order valence-electron chi connectivity index (χ3n) is 3.93. The van der Waals surface area contributed by atoms with Gasteiger partial charge in [0.25, 0.3) is 5.91 Å². The molecular formula is C19H20N2O3. The summed E-state index contributed by atoms with van der Waals surface area (Å²) in [6.07, 6.45) is 2.98. The van der Waals surface area contributed by atoms with Crippen LogP contribution in [-0.2, 0) is 11.2 Å². The van der Waals surface area contributed by atoms with Gasteiger partial charge in [-0.2, -0.15) is 5.10 Å². The lowest BCUT2D eigenvalue weighted by Crippen LogP contribution is -2.26. The maximum Gasteiger partial charge on any atom is 0.277 e. The number of methoxy groups -OCH3 is 1. The average molecular weight is 324 g/mol. The number of nitrogens with zero attached hydrogens (tertiary/aromatic N) is 1. The first-order valence-electron chi connectivity index (χ1n) is 7.97. The van der Waals surface area contributed by atoms with Crippen molar-refractivity contribution in [3.8, 4) is 11.5 Å². The Bertz CT molecular complexity index is 739. The molecule has 0 heterocycles. The molecule has 2 aromatic carbocycles. The maximum atomic E-state index is 11.9. The van der Waals surface area contributed by atoms with Gasteiger partial charge in [0.05, 0.1) is 12.8 Å². The highest BCUT2D eigenvalue weighted by molar-refractivity contribution is 6.03. The largest absolute Gasteiger partial charge is 0.497 e. The maximum absolute atomic E-state index is 11.9. The van der Waals surface area contributed by atoms with E-state index < -0.39 is 0 Å². The highest BCUT2D eigenvalue weighted by Crippen LogP contribution is 2.21. The van der Waals surface area contributed by atoms with Crippen LogP contribution in [0.25, 0.3) is 0 Å². The molecule has 3 rings (SSSR count). The molecule has 1 amide bonds. The molecule has 0 radical (unpaired) electrons. The molecular weight excluding hydrogens is 304 g/mol. The second kappa shape index (κ2) is 7.64. The minimum absolute atomic E-state index is 0.0786. The van der Waals surface area contributed by atoms with Crippen molar-refractivity contribution in [3.05, 3.63) is 59.7 Å². The third-order valence-corrected chi connectivity index (χ3v) is 3.93. The highest BCUT2D eigenvalue weighted by Gasteiger charge is 2.15. The summed E-state index contributed by atoms with van der Waals surface area (Å²) in [7, 11) is 1.60. The lowest BCUT2D eigenvalue weighted by atomic mass is 9.90. The molecule has 0 bridgehead atoms. The van der Waals surface area contributed by atoms with E-state index in [9.17, 15) is 4.79 Å². The van der Waals surface area contributed by atoms with E-state index in [1.165, 1.54) is 5.56 Å². The number of nitrogens with one attached hydrogen (secondary N) is 1. The molecule has 0 atom stereocenters. The van der Waals surface area contributed by atoms with Gasteiger partial charge in [0, 0.05) is 5.56 Å². The summed E-state index contributed by atoms with van der Waals surface area (Å²) in [6.45, 7) is -0.0786. The van der Waals surface area contributed by atoms with E-state index in [2.05, 4.69) is 16.6 Å². The third kappa shape index (κ3) is 3.93. The number of hydrogen-bond donors (Lipinski definition) is 1. The molecule has 5 heteroatoms. The standard InChI is InChI=1S/C19H20N2O3/c1-23-15-9-11-16(12-10-15)24-13-19(22)21-20-18-8-4-6-14-5-2-3-7-17(14)18/h2-3,5,7,9-12H,4,6,8,13H2,1H3,(H,21,22). The van der Waals surface area contributed by atoms with E-state index in [0.717, 1.165) is 36.3 Å². The second-order valence-corrected chi connectivity index (χ2v) is 5.57. The van der Waals surface area contributed by atoms with Gasteiger partial charge in [0.15, 0.2) is 6.61 Å². The van der Waals surface area contributed by atoms with E-state index >= 15 is 0 Å². The number of rotatable bonds is 5. The molecule has 0 aliphatic heterocycles. The van der Waals surface area contributed by atoms with Gasteiger partial charge < -0.3 is 9.47 Å². The van der Waals surface area contributed by atoms with Gasteiger partial charge in [-0.25, -0.2) is 5.43 Å². The molecule has 1 N–H and O–H groups in total. The van der Waals surface area contributed by atoms with Crippen molar-refractivity contribution in [1.29, 1.82) is 0 Å². The lowest BCUT2D eigenvalue weighted by molar-refractivity contribution is -0.123. The Balaban J connectivity index is 1.55. The summed E-state index contributed by atoms with van der Waals surface area (Å²) in [5, 5.41) is 4.28. The molecule has 0 aromatic heterocycles. The fraction of sp³-hybridized carbons (Fsp3) is 0.263. The first-order chi connectivity index (χ1) is 11.8. The van der Waals surface area contributed by atoms with Gasteiger partial charge in [0.2, 0.25) is 0 Å². The fourth-order valence-corrected chi connectivity index (χ4v) is 2.70. The van der Waals surface area contributed by atoms with Crippen LogP contribution in [0, 0.1) is 0 Å². The molecule has 0 saturated carbocycles. The van der Waals surface area contributed by atoms with Gasteiger partial charge >= 0.3 is 0 Å². The quantitative estimate of drug-likeness (QED) is 0.860. The molecule has 0 fully saturated rings. The summed E-state index contributed by atoms with van der Waals surface area (Å²) < 4.78 is 10.5. The van der Waals surface area contributed by atoms with Crippen LogP contribution in [0.4, 0.5) is 0 Å². The lowest BCUT2D eigenvalue weighted by Gasteiger charge is -2.17. The monoisotopic (exact) mass is 324 g/mol. The van der Waals surface area contributed by atoms with Gasteiger partial charge in [-0.15, -0.1) is 0 Å². The van der Waals surface area contributed by atoms with E-state index in [1.54, 1.807) is 31.4 Å². The number of benzene rings is 2. The minimum atomic E-state index is -0.277. The Morgan fingerprint density at radius 2 is 1.83 bits per heavy atom. The van der Waals surface area contributed by atoms with Crippen molar-refractivity contribution in [2.45, 2.75) is 19.3 Å².